The number of nitrogens with zero attached hydrogens (tertiary/aromatic N) is 2. The van der Waals surface area contributed by atoms with Gasteiger partial charge in [-0.3, -0.25) is 9.78 Å². The maximum atomic E-state index is 11.9. The summed E-state index contributed by atoms with van der Waals surface area (Å²) in [6.45, 7) is 2.79. The lowest BCUT2D eigenvalue weighted by molar-refractivity contribution is 0.0694. The van der Waals surface area contributed by atoms with E-state index in [1.165, 1.54) is 18.3 Å². The number of hydrogen-bond donors (Lipinski definition) is 1. The monoisotopic (exact) mass is 250 g/mol. The number of carboxylic acids is 1. The van der Waals surface area contributed by atoms with Crippen molar-refractivity contribution in [1.82, 2.24) is 9.88 Å². The summed E-state index contributed by atoms with van der Waals surface area (Å²) in [6, 6.07) is 2.84. The van der Waals surface area contributed by atoms with Gasteiger partial charge in [0.05, 0.1) is 5.56 Å². The molecule has 0 aliphatic carbocycles. The van der Waals surface area contributed by atoms with E-state index < -0.39 is 5.97 Å². The van der Waals surface area contributed by atoms with Gasteiger partial charge in [-0.15, -0.1) is 0 Å². The largest absolute Gasteiger partial charge is 0.478 e. The average Bonchev–Trinajstić information content (AvgIpc) is 2.38. The van der Waals surface area contributed by atoms with Crippen molar-refractivity contribution >= 4 is 11.9 Å². The van der Waals surface area contributed by atoms with E-state index in [9.17, 15) is 9.59 Å². The average molecular weight is 250 g/mol. The Hall–Kier alpha value is -1.91. The van der Waals surface area contributed by atoms with Crippen LogP contribution in [0.1, 0.15) is 47.0 Å². The van der Waals surface area contributed by atoms with Crippen molar-refractivity contribution in [3.05, 3.63) is 29.6 Å². The number of carbonyl (C=O) groups excluding carboxylic acids is 1. The second-order valence-electron chi connectivity index (χ2n) is 4.17. The van der Waals surface area contributed by atoms with E-state index in [2.05, 4.69) is 11.9 Å². The van der Waals surface area contributed by atoms with Crippen LogP contribution < -0.4 is 0 Å². The smallest absolute Gasteiger partial charge is 0.337 e. The van der Waals surface area contributed by atoms with Crippen molar-refractivity contribution in [1.29, 1.82) is 0 Å². The number of amides is 1. The molecular weight excluding hydrogens is 232 g/mol. The number of pyridine rings is 1. The Morgan fingerprint density at radius 1 is 1.33 bits per heavy atom. The van der Waals surface area contributed by atoms with Crippen LogP contribution in [0.3, 0.4) is 0 Å². The standard InChI is InChI=1S/C13H18N2O3/c1-3-4-5-8-15(2)12(16)11-7-6-10(9-14-11)13(17)18/h6-7,9H,3-5,8H2,1-2H3,(H,17,18). The van der Waals surface area contributed by atoms with Gasteiger partial charge < -0.3 is 10.0 Å². The predicted molar refractivity (Wildman–Crippen MR) is 67.7 cm³/mol. The summed E-state index contributed by atoms with van der Waals surface area (Å²) < 4.78 is 0. The van der Waals surface area contributed by atoms with E-state index in [-0.39, 0.29) is 17.2 Å². The molecule has 0 aromatic carbocycles. The van der Waals surface area contributed by atoms with Crippen molar-refractivity contribution in [3.63, 3.8) is 0 Å². The van der Waals surface area contributed by atoms with Crippen molar-refractivity contribution in [2.45, 2.75) is 26.2 Å². The van der Waals surface area contributed by atoms with Gasteiger partial charge in [0.1, 0.15) is 5.69 Å². The lowest BCUT2D eigenvalue weighted by Crippen LogP contribution is -2.28. The normalized spacial score (nSPS) is 10.1. The fourth-order valence-corrected chi connectivity index (χ4v) is 1.54. The topological polar surface area (TPSA) is 70.5 Å². The highest BCUT2D eigenvalue weighted by molar-refractivity contribution is 5.93. The summed E-state index contributed by atoms with van der Waals surface area (Å²) >= 11 is 0. The first-order chi connectivity index (χ1) is 8.56. The molecule has 0 saturated carbocycles. The van der Waals surface area contributed by atoms with Gasteiger partial charge in [-0.2, -0.15) is 0 Å². The number of unbranched alkanes of at least 4 members (excludes halogenated alkanes) is 2. The summed E-state index contributed by atoms with van der Waals surface area (Å²) in [7, 11) is 1.73. The molecule has 5 nitrogen and oxygen atoms in total. The van der Waals surface area contributed by atoms with E-state index in [4.69, 9.17) is 5.11 Å². The number of aromatic carboxylic acids is 1. The van der Waals surface area contributed by atoms with Crippen LogP contribution >= 0.6 is 0 Å². The van der Waals surface area contributed by atoms with E-state index in [0.717, 1.165) is 19.3 Å². The molecule has 0 atom stereocenters. The van der Waals surface area contributed by atoms with Crippen LogP contribution in [0.5, 0.6) is 0 Å². The van der Waals surface area contributed by atoms with Crippen LogP contribution in [0.2, 0.25) is 0 Å². The Bertz CT molecular complexity index is 415. The maximum Gasteiger partial charge on any atom is 0.337 e. The molecule has 1 N–H and O–H groups in total. The van der Waals surface area contributed by atoms with Gasteiger partial charge in [-0.1, -0.05) is 19.8 Å². The molecule has 0 bridgehead atoms. The molecule has 1 aromatic heterocycles. The molecule has 0 aliphatic heterocycles. The van der Waals surface area contributed by atoms with Crippen molar-refractivity contribution in [2.24, 2.45) is 0 Å². The summed E-state index contributed by atoms with van der Waals surface area (Å²) in [5.41, 5.74) is 0.360. The van der Waals surface area contributed by atoms with Gasteiger partial charge >= 0.3 is 5.97 Å². The lowest BCUT2D eigenvalue weighted by Gasteiger charge is -2.16. The highest BCUT2D eigenvalue weighted by atomic mass is 16.4. The molecule has 0 unspecified atom stereocenters. The number of rotatable bonds is 6. The van der Waals surface area contributed by atoms with Crippen LogP contribution in [0.4, 0.5) is 0 Å². The number of carbonyl (C=O) groups is 2. The molecule has 0 radical (unpaired) electrons. The van der Waals surface area contributed by atoms with Gasteiger partial charge in [0.25, 0.3) is 5.91 Å². The van der Waals surface area contributed by atoms with Crippen LogP contribution in [0.15, 0.2) is 18.3 Å². The zero-order valence-electron chi connectivity index (χ0n) is 10.7. The van der Waals surface area contributed by atoms with E-state index in [1.54, 1.807) is 11.9 Å². The second kappa shape index (κ2) is 6.74. The Labute approximate surface area is 106 Å². The summed E-state index contributed by atoms with van der Waals surface area (Å²) in [5, 5.41) is 8.73. The fourth-order valence-electron chi connectivity index (χ4n) is 1.54. The Morgan fingerprint density at radius 2 is 2.06 bits per heavy atom. The van der Waals surface area contributed by atoms with E-state index in [0.29, 0.717) is 6.54 Å². The third-order valence-electron chi connectivity index (χ3n) is 2.67. The summed E-state index contributed by atoms with van der Waals surface area (Å²) in [4.78, 5) is 28.1. The van der Waals surface area contributed by atoms with Crippen LogP contribution in [-0.4, -0.2) is 40.5 Å². The first-order valence-electron chi connectivity index (χ1n) is 6.01. The Morgan fingerprint density at radius 3 is 2.56 bits per heavy atom. The van der Waals surface area contributed by atoms with E-state index >= 15 is 0 Å². The first kappa shape index (κ1) is 14.2. The lowest BCUT2D eigenvalue weighted by atomic mass is 10.2. The Kier molecular flexibility index (Phi) is 5.30. The molecule has 1 rings (SSSR count). The zero-order chi connectivity index (χ0) is 13.5. The van der Waals surface area contributed by atoms with Crippen molar-refractivity contribution in [2.75, 3.05) is 13.6 Å². The van der Waals surface area contributed by atoms with Crippen molar-refractivity contribution in [3.8, 4) is 0 Å². The molecule has 98 valence electrons. The second-order valence-corrected chi connectivity index (χ2v) is 4.17. The van der Waals surface area contributed by atoms with Gasteiger partial charge in [0.2, 0.25) is 0 Å². The number of hydrogen-bond acceptors (Lipinski definition) is 3. The molecule has 1 amide bonds. The molecule has 0 fully saturated rings. The third kappa shape index (κ3) is 3.84. The van der Waals surface area contributed by atoms with Gasteiger partial charge in [-0.25, -0.2) is 4.79 Å². The number of carboxylic acid groups (broad SMARTS) is 1. The molecule has 1 aromatic rings. The van der Waals surface area contributed by atoms with Crippen LogP contribution in [0.25, 0.3) is 0 Å². The fraction of sp³-hybridized carbons (Fsp3) is 0.462. The molecule has 1 heterocycles. The molecule has 18 heavy (non-hydrogen) atoms. The van der Waals surface area contributed by atoms with Gasteiger partial charge in [0, 0.05) is 19.8 Å². The molecular formula is C13H18N2O3. The highest BCUT2D eigenvalue weighted by Crippen LogP contribution is 2.05. The molecule has 0 spiro atoms. The Balaban J connectivity index is 2.63. The maximum absolute atomic E-state index is 11.9. The summed E-state index contributed by atoms with van der Waals surface area (Å²) in [5.74, 6) is -1.22. The summed E-state index contributed by atoms with van der Waals surface area (Å²) in [6.07, 6.45) is 4.36. The first-order valence-corrected chi connectivity index (χ1v) is 6.01. The minimum absolute atomic E-state index is 0.0835. The number of aromatic nitrogens is 1. The third-order valence-corrected chi connectivity index (χ3v) is 2.67. The van der Waals surface area contributed by atoms with Gasteiger partial charge in [-0.05, 0) is 18.6 Å². The predicted octanol–water partition coefficient (Wildman–Crippen LogP) is 2.04. The van der Waals surface area contributed by atoms with Crippen molar-refractivity contribution < 1.29 is 14.7 Å². The quantitative estimate of drug-likeness (QED) is 0.784. The zero-order valence-corrected chi connectivity index (χ0v) is 10.7. The van der Waals surface area contributed by atoms with Crippen LogP contribution in [-0.2, 0) is 0 Å². The molecule has 0 saturated heterocycles. The van der Waals surface area contributed by atoms with Gasteiger partial charge in [0.15, 0.2) is 0 Å². The minimum Gasteiger partial charge on any atom is -0.478 e. The molecule has 5 heteroatoms. The SMILES string of the molecule is CCCCCN(C)C(=O)c1ccc(C(=O)O)cn1. The molecule has 0 aliphatic rings. The highest BCUT2D eigenvalue weighted by Gasteiger charge is 2.13. The van der Waals surface area contributed by atoms with E-state index in [1.807, 2.05) is 0 Å². The minimum atomic E-state index is -1.04. The van der Waals surface area contributed by atoms with Crippen LogP contribution in [0, 0.1) is 0 Å².